The molecule has 0 aliphatic heterocycles. The molecule has 0 radical (unpaired) electrons. The molecule has 0 aromatic heterocycles. The van der Waals surface area contributed by atoms with Gasteiger partial charge in [-0.15, -0.1) is 0 Å². The van der Waals surface area contributed by atoms with Gasteiger partial charge in [0.25, 0.3) is 0 Å². The number of hydrogen-bond acceptors (Lipinski definition) is 0. The van der Waals surface area contributed by atoms with E-state index in [-0.39, 0.29) is 0 Å². The molecule has 0 amide bonds. The van der Waals surface area contributed by atoms with E-state index in [9.17, 15) is 0 Å². The number of rotatable bonds is 1. The largest absolute Gasteiger partial charge is 0.101 e. The smallest absolute Gasteiger partial charge is 0.0736 e. The van der Waals surface area contributed by atoms with Gasteiger partial charge in [0.05, 0.1) is 0 Å². The van der Waals surface area contributed by atoms with Crippen LogP contribution in [0.3, 0.4) is 0 Å². The first-order chi connectivity index (χ1) is 6.87. The van der Waals surface area contributed by atoms with Crippen LogP contribution >= 0.6 is 0 Å². The summed E-state index contributed by atoms with van der Waals surface area (Å²) >= 11 is 0. The second kappa shape index (κ2) is 1.59. The molecule has 0 bridgehead atoms. The van der Waals surface area contributed by atoms with Crippen LogP contribution in [0.1, 0.15) is 20.8 Å². The lowest BCUT2D eigenvalue weighted by atomic mass is 8.92. The first-order valence-corrected chi connectivity index (χ1v) is 6.87. The Kier molecular flexibility index (Phi) is 0.875. The molecule has 0 heterocycles. The summed E-state index contributed by atoms with van der Waals surface area (Å²) in [7, 11) is 5.16. The molecule has 6 fully saturated rings. The molecule has 6 aliphatic rings. The first kappa shape index (κ1) is 8.25. The molecule has 6 rings (SSSR count). The van der Waals surface area contributed by atoms with E-state index in [1.165, 1.54) is 41.4 Å². The van der Waals surface area contributed by atoms with Crippen molar-refractivity contribution in [2.24, 2.45) is 52.3 Å². The Hall–Kier alpha value is 0.130. The van der Waals surface area contributed by atoms with Gasteiger partial charge in [0.15, 0.2) is 0 Å². The van der Waals surface area contributed by atoms with Crippen LogP contribution in [-0.4, -0.2) is 15.7 Å². The minimum absolute atomic E-state index is 0.493. The van der Waals surface area contributed by atoms with E-state index in [0.29, 0.717) is 10.6 Å². The summed E-state index contributed by atoms with van der Waals surface area (Å²) in [4.78, 5) is 0. The van der Waals surface area contributed by atoms with Crippen molar-refractivity contribution in [2.45, 2.75) is 26.0 Å². The maximum Gasteiger partial charge on any atom is 0.101 e. The van der Waals surface area contributed by atoms with E-state index < -0.39 is 0 Å². The minimum atomic E-state index is 0.493. The average molecular weight is 198 g/mol. The molecular weight excluding hydrogens is 178 g/mol. The van der Waals surface area contributed by atoms with Crippen LogP contribution in [0.15, 0.2) is 0 Å². The van der Waals surface area contributed by atoms with Gasteiger partial charge < -0.3 is 0 Å². The topological polar surface area (TPSA) is 0 Å². The highest BCUT2D eigenvalue weighted by Crippen LogP contribution is 3.09. The molecular formula is C13H20B2. The summed E-state index contributed by atoms with van der Waals surface area (Å²) in [5.74, 6) is 8.61. The molecule has 0 saturated heterocycles. The van der Waals surface area contributed by atoms with E-state index in [4.69, 9.17) is 0 Å². The van der Waals surface area contributed by atoms with Crippen LogP contribution < -0.4 is 0 Å². The predicted molar refractivity (Wildman–Crippen MR) is 66.1 cm³/mol. The summed E-state index contributed by atoms with van der Waals surface area (Å²) in [6.45, 7) is 7.40. The Bertz CT molecular complexity index is 352. The zero-order chi connectivity index (χ0) is 10.5. The molecule has 15 heavy (non-hydrogen) atoms. The Labute approximate surface area is 94.4 Å². The second-order valence-electron chi connectivity index (χ2n) is 8.69. The highest BCUT2D eigenvalue weighted by Gasteiger charge is 3.05. The molecule has 0 aromatic carbocycles. The van der Waals surface area contributed by atoms with Crippen LogP contribution in [0.2, 0.25) is 5.21 Å². The van der Waals surface area contributed by atoms with Crippen molar-refractivity contribution < 1.29 is 0 Å². The van der Waals surface area contributed by atoms with Gasteiger partial charge in [-0.2, -0.15) is 0 Å². The van der Waals surface area contributed by atoms with Gasteiger partial charge >= 0.3 is 0 Å². The van der Waals surface area contributed by atoms with Gasteiger partial charge in [-0.3, -0.25) is 0 Å². The molecule has 0 unspecified atom stereocenters. The molecule has 2 heteroatoms. The lowest BCUT2D eigenvalue weighted by Crippen LogP contribution is -3.07. The van der Waals surface area contributed by atoms with E-state index >= 15 is 0 Å². The Balaban J connectivity index is 1.63. The van der Waals surface area contributed by atoms with Crippen molar-refractivity contribution in [3.8, 4) is 0 Å². The van der Waals surface area contributed by atoms with E-state index in [0.717, 1.165) is 5.41 Å². The summed E-state index contributed by atoms with van der Waals surface area (Å²) in [5.41, 5.74) is 1.34. The van der Waals surface area contributed by atoms with Crippen molar-refractivity contribution in [3.63, 3.8) is 0 Å². The normalized spacial score (nSPS) is 70.5. The van der Waals surface area contributed by atoms with E-state index in [1.807, 2.05) is 0 Å². The predicted octanol–water partition coefficient (Wildman–Crippen LogP) is 0.783. The summed E-state index contributed by atoms with van der Waals surface area (Å²) in [5, 5.41) is 0.578. The average Bonchev–Trinajstić information content (AvgIpc) is 2.16. The van der Waals surface area contributed by atoms with Crippen molar-refractivity contribution >= 4 is 15.7 Å². The summed E-state index contributed by atoms with van der Waals surface area (Å²) < 4.78 is 0. The Morgan fingerprint density at radius 3 is 1.53 bits per heavy atom. The number of hydrogen-bond donors (Lipinski definition) is 0. The monoisotopic (exact) mass is 198 g/mol. The first-order valence-electron chi connectivity index (χ1n) is 6.87. The minimum Gasteiger partial charge on any atom is -0.0736 e. The van der Waals surface area contributed by atoms with E-state index in [1.54, 1.807) is 0 Å². The van der Waals surface area contributed by atoms with Crippen LogP contribution in [0.25, 0.3) is 0 Å². The standard InChI is InChI=1S/C13H20B2/c1-11(2,3)13(14,15)12-8-5-4-6(8)10(12)7(4)9(5)12/h4-10H,14-15H2,1-3H3. The van der Waals surface area contributed by atoms with Gasteiger partial charge in [-0.05, 0) is 52.3 Å². The fraction of sp³-hybridized carbons (Fsp3) is 1.00. The zero-order valence-corrected chi connectivity index (χ0v) is 10.5. The van der Waals surface area contributed by atoms with Gasteiger partial charge in [0.2, 0.25) is 0 Å². The summed E-state index contributed by atoms with van der Waals surface area (Å²) in [6.07, 6.45) is 0. The van der Waals surface area contributed by atoms with Crippen molar-refractivity contribution in [3.05, 3.63) is 0 Å². The molecule has 0 nitrogen and oxygen atoms in total. The lowest BCUT2D eigenvalue weighted by Gasteiger charge is -3.10. The third-order valence-corrected chi connectivity index (χ3v) is 8.43. The van der Waals surface area contributed by atoms with Crippen LogP contribution in [0.4, 0.5) is 0 Å². The molecule has 0 N–H and O–H groups in total. The molecule has 0 aromatic rings. The molecule has 0 spiro atoms. The van der Waals surface area contributed by atoms with E-state index in [2.05, 4.69) is 36.5 Å². The molecule has 78 valence electrons. The third-order valence-electron chi connectivity index (χ3n) is 8.43. The zero-order valence-electron chi connectivity index (χ0n) is 10.5. The van der Waals surface area contributed by atoms with Crippen molar-refractivity contribution in [2.75, 3.05) is 0 Å². The SMILES string of the molecule is BC(B)(C(C)(C)C)C12C3C4C5C3C1C5C42. The molecule has 6 saturated carbocycles. The van der Waals surface area contributed by atoms with Gasteiger partial charge in [-0.25, -0.2) is 0 Å². The quantitative estimate of drug-likeness (QED) is 0.546. The van der Waals surface area contributed by atoms with Crippen LogP contribution in [0.5, 0.6) is 0 Å². The molecule has 0 atom stereocenters. The maximum absolute atomic E-state index is 2.58. The fourth-order valence-corrected chi connectivity index (χ4v) is 7.33. The fourth-order valence-electron chi connectivity index (χ4n) is 7.33. The van der Waals surface area contributed by atoms with Crippen LogP contribution in [0, 0.1) is 52.3 Å². The second-order valence-corrected chi connectivity index (χ2v) is 8.69. The molecule has 6 aliphatic carbocycles. The van der Waals surface area contributed by atoms with Crippen molar-refractivity contribution in [1.29, 1.82) is 0 Å². The van der Waals surface area contributed by atoms with Gasteiger partial charge in [-0.1, -0.05) is 26.0 Å². The Morgan fingerprint density at radius 1 is 0.800 bits per heavy atom. The highest BCUT2D eigenvalue weighted by molar-refractivity contribution is 6.41. The van der Waals surface area contributed by atoms with Crippen molar-refractivity contribution in [1.82, 2.24) is 0 Å². The lowest BCUT2D eigenvalue weighted by molar-refractivity contribution is -0.621. The van der Waals surface area contributed by atoms with Crippen LogP contribution in [-0.2, 0) is 0 Å². The maximum atomic E-state index is 2.58. The highest BCUT2D eigenvalue weighted by atomic mass is 15.1. The summed E-state index contributed by atoms with van der Waals surface area (Å²) in [6, 6.07) is 0. The van der Waals surface area contributed by atoms with Gasteiger partial charge in [0.1, 0.15) is 15.7 Å². The Morgan fingerprint density at radius 2 is 1.20 bits per heavy atom. The van der Waals surface area contributed by atoms with Gasteiger partial charge in [0, 0.05) is 0 Å². The third kappa shape index (κ3) is 0.400.